The number of amidine groups is 1. The second-order valence-corrected chi connectivity index (χ2v) is 4.04. The summed E-state index contributed by atoms with van der Waals surface area (Å²) in [7, 11) is 0. The third kappa shape index (κ3) is 1.70. The van der Waals surface area contributed by atoms with Crippen molar-refractivity contribution in [3.8, 4) is 0 Å². The molecule has 1 aliphatic heterocycles. The Morgan fingerprint density at radius 2 is 2.15 bits per heavy atom. The van der Waals surface area contributed by atoms with E-state index in [9.17, 15) is 0 Å². The van der Waals surface area contributed by atoms with E-state index >= 15 is 0 Å². The van der Waals surface area contributed by atoms with E-state index in [1.54, 1.807) is 0 Å². The zero-order valence-corrected chi connectivity index (χ0v) is 8.25. The van der Waals surface area contributed by atoms with Crippen molar-refractivity contribution in [2.24, 2.45) is 0 Å². The summed E-state index contributed by atoms with van der Waals surface area (Å²) in [4.78, 5) is 2.22. The second-order valence-electron chi connectivity index (χ2n) is 4.04. The highest BCUT2D eigenvalue weighted by molar-refractivity contribution is 5.76. The van der Waals surface area contributed by atoms with Crippen LogP contribution in [-0.2, 0) is 4.74 Å². The standard InChI is InChI=1S/C10H18N2O/c1-8(11)12-6-7-13-10-5-3-2-4-9(10)12/h9-11H,2-7H2,1H3. The Hall–Kier alpha value is -0.570. The molecule has 2 rings (SSSR count). The van der Waals surface area contributed by atoms with Crippen LogP contribution < -0.4 is 0 Å². The molecule has 2 unspecified atom stereocenters. The van der Waals surface area contributed by atoms with E-state index in [0.717, 1.165) is 13.2 Å². The maximum Gasteiger partial charge on any atom is 0.0930 e. The van der Waals surface area contributed by atoms with Gasteiger partial charge in [0.15, 0.2) is 0 Å². The Labute approximate surface area is 79.6 Å². The fourth-order valence-electron chi connectivity index (χ4n) is 2.51. The van der Waals surface area contributed by atoms with Crippen LogP contribution in [0.3, 0.4) is 0 Å². The lowest BCUT2D eigenvalue weighted by atomic mass is 9.90. The van der Waals surface area contributed by atoms with Gasteiger partial charge in [0.05, 0.1) is 24.6 Å². The van der Waals surface area contributed by atoms with Gasteiger partial charge < -0.3 is 9.64 Å². The van der Waals surface area contributed by atoms with Gasteiger partial charge in [-0.2, -0.15) is 0 Å². The highest BCUT2D eigenvalue weighted by Crippen LogP contribution is 2.28. The molecule has 0 radical (unpaired) electrons. The predicted molar refractivity (Wildman–Crippen MR) is 52.1 cm³/mol. The molecular weight excluding hydrogens is 164 g/mol. The van der Waals surface area contributed by atoms with Crippen molar-refractivity contribution in [1.82, 2.24) is 4.90 Å². The molecule has 1 N–H and O–H groups in total. The average Bonchev–Trinajstić information content (AvgIpc) is 2.17. The minimum absolute atomic E-state index is 0.405. The molecular formula is C10H18N2O. The number of ether oxygens (including phenoxy) is 1. The number of rotatable bonds is 0. The number of fused-ring (bicyclic) bond motifs is 1. The van der Waals surface area contributed by atoms with Crippen molar-refractivity contribution >= 4 is 5.84 Å². The highest BCUT2D eigenvalue weighted by Gasteiger charge is 2.34. The lowest BCUT2D eigenvalue weighted by Gasteiger charge is -2.44. The van der Waals surface area contributed by atoms with E-state index in [-0.39, 0.29) is 0 Å². The third-order valence-electron chi connectivity index (χ3n) is 3.16. The smallest absolute Gasteiger partial charge is 0.0930 e. The van der Waals surface area contributed by atoms with Crippen LogP contribution >= 0.6 is 0 Å². The highest BCUT2D eigenvalue weighted by atomic mass is 16.5. The summed E-state index contributed by atoms with van der Waals surface area (Å²) in [5.41, 5.74) is 0. The molecule has 0 amide bonds. The van der Waals surface area contributed by atoms with Crippen LogP contribution in [0.1, 0.15) is 32.6 Å². The Morgan fingerprint density at radius 1 is 1.38 bits per heavy atom. The molecule has 0 spiro atoms. The average molecular weight is 182 g/mol. The molecule has 74 valence electrons. The molecule has 0 aromatic heterocycles. The summed E-state index contributed by atoms with van der Waals surface area (Å²) in [6.45, 7) is 3.60. The Balaban J connectivity index is 2.06. The molecule has 0 bridgehead atoms. The predicted octanol–water partition coefficient (Wildman–Crippen LogP) is 1.63. The summed E-state index contributed by atoms with van der Waals surface area (Å²) in [5, 5.41) is 7.68. The first-order valence-electron chi connectivity index (χ1n) is 5.22. The quantitative estimate of drug-likeness (QED) is 0.456. The van der Waals surface area contributed by atoms with E-state index in [2.05, 4.69) is 4.90 Å². The van der Waals surface area contributed by atoms with Gasteiger partial charge >= 0.3 is 0 Å². The summed E-state index contributed by atoms with van der Waals surface area (Å²) < 4.78 is 5.72. The molecule has 2 aliphatic rings. The van der Waals surface area contributed by atoms with Crippen molar-refractivity contribution < 1.29 is 4.74 Å². The van der Waals surface area contributed by atoms with E-state index in [0.29, 0.717) is 18.0 Å². The van der Waals surface area contributed by atoms with E-state index < -0.39 is 0 Å². The number of hydrogen-bond acceptors (Lipinski definition) is 2. The second kappa shape index (κ2) is 3.66. The van der Waals surface area contributed by atoms with Crippen molar-refractivity contribution in [3.05, 3.63) is 0 Å². The SMILES string of the molecule is CC(=N)N1CCOC2CCCCC21. The molecule has 2 atom stereocenters. The van der Waals surface area contributed by atoms with Crippen LogP contribution in [-0.4, -0.2) is 36.0 Å². The van der Waals surface area contributed by atoms with Crippen LogP contribution in [0.25, 0.3) is 0 Å². The van der Waals surface area contributed by atoms with Crippen LogP contribution in [0.4, 0.5) is 0 Å². The van der Waals surface area contributed by atoms with Crippen LogP contribution in [0.15, 0.2) is 0 Å². The van der Waals surface area contributed by atoms with E-state index in [1.165, 1.54) is 25.7 Å². The fourth-order valence-corrected chi connectivity index (χ4v) is 2.51. The first kappa shape index (κ1) is 9.00. The van der Waals surface area contributed by atoms with Gasteiger partial charge in [-0.1, -0.05) is 12.8 Å². The summed E-state index contributed by atoms with van der Waals surface area (Å²) in [6.07, 6.45) is 5.40. The van der Waals surface area contributed by atoms with Gasteiger partial charge in [-0.05, 0) is 19.8 Å². The third-order valence-corrected chi connectivity index (χ3v) is 3.16. The molecule has 13 heavy (non-hydrogen) atoms. The number of morpholine rings is 1. The Morgan fingerprint density at radius 3 is 2.92 bits per heavy atom. The zero-order chi connectivity index (χ0) is 9.26. The topological polar surface area (TPSA) is 36.3 Å². The van der Waals surface area contributed by atoms with Gasteiger partial charge in [0, 0.05) is 6.54 Å². The Kier molecular flexibility index (Phi) is 2.54. The van der Waals surface area contributed by atoms with Gasteiger partial charge in [0.2, 0.25) is 0 Å². The summed E-state index contributed by atoms with van der Waals surface area (Å²) in [5.74, 6) is 0.709. The lowest BCUT2D eigenvalue weighted by molar-refractivity contribution is -0.0641. The molecule has 2 fully saturated rings. The number of nitrogens with one attached hydrogen (secondary N) is 1. The minimum Gasteiger partial charge on any atom is -0.374 e. The van der Waals surface area contributed by atoms with E-state index in [1.807, 2.05) is 6.92 Å². The maximum atomic E-state index is 7.68. The fraction of sp³-hybridized carbons (Fsp3) is 0.900. The van der Waals surface area contributed by atoms with Crippen molar-refractivity contribution in [3.63, 3.8) is 0 Å². The normalized spacial score (nSPS) is 34.1. The first-order valence-corrected chi connectivity index (χ1v) is 5.22. The molecule has 3 nitrogen and oxygen atoms in total. The van der Waals surface area contributed by atoms with Crippen molar-refractivity contribution in [2.45, 2.75) is 44.8 Å². The van der Waals surface area contributed by atoms with Crippen LogP contribution in [0.5, 0.6) is 0 Å². The zero-order valence-electron chi connectivity index (χ0n) is 8.25. The molecule has 1 heterocycles. The number of nitrogens with zero attached hydrogens (tertiary/aromatic N) is 1. The van der Waals surface area contributed by atoms with Gasteiger partial charge in [0.1, 0.15) is 0 Å². The van der Waals surface area contributed by atoms with Gasteiger partial charge in [-0.3, -0.25) is 5.41 Å². The molecule has 1 saturated carbocycles. The summed E-state index contributed by atoms with van der Waals surface area (Å²) >= 11 is 0. The minimum atomic E-state index is 0.405. The van der Waals surface area contributed by atoms with Gasteiger partial charge in [-0.25, -0.2) is 0 Å². The largest absolute Gasteiger partial charge is 0.374 e. The van der Waals surface area contributed by atoms with Gasteiger partial charge in [0.25, 0.3) is 0 Å². The molecule has 3 heteroatoms. The summed E-state index contributed by atoms with van der Waals surface area (Å²) in [6, 6.07) is 0.500. The number of hydrogen-bond donors (Lipinski definition) is 1. The van der Waals surface area contributed by atoms with Crippen molar-refractivity contribution in [1.29, 1.82) is 5.41 Å². The van der Waals surface area contributed by atoms with Crippen LogP contribution in [0, 0.1) is 5.41 Å². The lowest BCUT2D eigenvalue weighted by Crippen LogP contribution is -2.54. The van der Waals surface area contributed by atoms with Crippen LogP contribution in [0.2, 0.25) is 0 Å². The van der Waals surface area contributed by atoms with Crippen molar-refractivity contribution in [2.75, 3.05) is 13.2 Å². The molecule has 1 aliphatic carbocycles. The maximum absolute atomic E-state index is 7.68. The monoisotopic (exact) mass is 182 g/mol. The van der Waals surface area contributed by atoms with Gasteiger partial charge in [-0.15, -0.1) is 0 Å². The Bertz CT molecular complexity index is 203. The molecule has 0 aromatic carbocycles. The first-order chi connectivity index (χ1) is 6.29. The van der Waals surface area contributed by atoms with E-state index in [4.69, 9.17) is 10.1 Å². The molecule has 0 aromatic rings. The molecule has 1 saturated heterocycles.